The van der Waals surface area contributed by atoms with Crippen LogP contribution in [0.25, 0.3) is 0 Å². The van der Waals surface area contributed by atoms with Gasteiger partial charge in [0.25, 0.3) is 0 Å². The van der Waals surface area contributed by atoms with E-state index in [9.17, 15) is 0 Å². The molecule has 1 aliphatic rings. The smallest absolute Gasteiger partial charge is 0.0664 e. The normalized spacial score (nSPS) is 17.9. The monoisotopic (exact) mass is 261 g/mol. The van der Waals surface area contributed by atoms with Crippen LogP contribution >= 0.6 is 0 Å². The van der Waals surface area contributed by atoms with Crippen molar-refractivity contribution >= 4 is 0 Å². The van der Waals surface area contributed by atoms with Gasteiger partial charge in [-0.05, 0) is 45.8 Å². The quantitative estimate of drug-likeness (QED) is 0.627. The fraction of sp³-hybridized carbons (Fsp3) is 0.688. The van der Waals surface area contributed by atoms with E-state index >= 15 is 0 Å². The minimum absolute atomic E-state index is 0.649. The Morgan fingerprint density at radius 1 is 1.42 bits per heavy atom. The number of rotatable bonds is 6. The molecule has 0 amide bonds. The Labute approximate surface area is 117 Å². The molecule has 0 aliphatic heterocycles. The maximum absolute atomic E-state index is 4.76. The Kier molecular flexibility index (Phi) is 5.64. The van der Waals surface area contributed by atoms with Gasteiger partial charge in [0, 0.05) is 12.6 Å². The first-order valence-corrected chi connectivity index (χ1v) is 7.64. The molecule has 1 saturated carbocycles. The second-order valence-electron chi connectivity index (χ2n) is 5.70. The summed E-state index contributed by atoms with van der Waals surface area (Å²) in [5.74, 6) is 0. The number of hydrogen-bond donors (Lipinski definition) is 1. The van der Waals surface area contributed by atoms with E-state index in [1.54, 1.807) is 0 Å². The van der Waals surface area contributed by atoms with Gasteiger partial charge in [-0.3, -0.25) is 4.68 Å². The summed E-state index contributed by atoms with van der Waals surface area (Å²) in [6.45, 7) is 3.25. The molecule has 3 nitrogen and oxygen atoms in total. The number of nitrogens with zero attached hydrogens (tertiary/aromatic N) is 2. The van der Waals surface area contributed by atoms with Crippen LogP contribution in [0.5, 0.6) is 0 Å². The molecule has 1 aliphatic carbocycles. The molecule has 0 spiro atoms. The Bertz CT molecular complexity index is 400. The van der Waals surface area contributed by atoms with Crippen molar-refractivity contribution in [1.29, 1.82) is 0 Å². The van der Waals surface area contributed by atoms with Crippen LogP contribution in [-0.4, -0.2) is 23.4 Å². The third-order valence-electron chi connectivity index (χ3n) is 3.96. The predicted molar refractivity (Wildman–Crippen MR) is 80.4 cm³/mol. The molecule has 1 heterocycles. The molecule has 1 aromatic rings. The van der Waals surface area contributed by atoms with E-state index < -0.39 is 0 Å². The first kappa shape index (κ1) is 14.3. The van der Waals surface area contributed by atoms with E-state index in [1.807, 2.05) is 7.05 Å². The van der Waals surface area contributed by atoms with Crippen molar-refractivity contribution in [3.05, 3.63) is 29.6 Å². The van der Waals surface area contributed by atoms with E-state index in [0.29, 0.717) is 6.04 Å². The molecule has 1 N–H and O–H groups in total. The molecule has 0 unspecified atom stereocenters. The summed E-state index contributed by atoms with van der Waals surface area (Å²) in [6, 6.07) is 2.83. The van der Waals surface area contributed by atoms with Gasteiger partial charge in [-0.15, -0.1) is 0 Å². The highest BCUT2D eigenvalue weighted by molar-refractivity contribution is 5.12. The molecule has 0 atom stereocenters. The number of allylic oxidation sites excluding steroid dienone is 1. The van der Waals surface area contributed by atoms with Crippen molar-refractivity contribution in [2.24, 2.45) is 0 Å². The second kappa shape index (κ2) is 7.49. The molecule has 1 aromatic heterocycles. The van der Waals surface area contributed by atoms with Crippen molar-refractivity contribution in [1.82, 2.24) is 15.1 Å². The number of hydrogen-bond acceptors (Lipinski definition) is 2. The molecule has 0 saturated heterocycles. The van der Waals surface area contributed by atoms with Gasteiger partial charge in [-0.2, -0.15) is 5.10 Å². The van der Waals surface area contributed by atoms with E-state index in [2.05, 4.69) is 35.3 Å². The van der Waals surface area contributed by atoms with Gasteiger partial charge in [0.1, 0.15) is 0 Å². The molecule has 1 fully saturated rings. The van der Waals surface area contributed by atoms with Crippen molar-refractivity contribution in [3.8, 4) is 0 Å². The summed E-state index contributed by atoms with van der Waals surface area (Å²) in [6.07, 6.45) is 13.3. The Hall–Kier alpha value is -1.09. The highest BCUT2D eigenvalue weighted by atomic mass is 15.3. The molecular formula is C16H27N3. The van der Waals surface area contributed by atoms with Crippen LogP contribution in [0.1, 0.15) is 57.2 Å². The van der Waals surface area contributed by atoms with Gasteiger partial charge in [-0.25, -0.2) is 0 Å². The van der Waals surface area contributed by atoms with E-state index in [0.717, 1.165) is 19.4 Å². The van der Waals surface area contributed by atoms with Gasteiger partial charge in [-0.1, -0.05) is 30.9 Å². The van der Waals surface area contributed by atoms with Gasteiger partial charge >= 0.3 is 0 Å². The fourth-order valence-electron chi connectivity index (χ4n) is 2.84. The molecule has 106 valence electrons. The lowest BCUT2D eigenvalue weighted by atomic mass is 9.96. The van der Waals surface area contributed by atoms with Crippen molar-refractivity contribution in [2.45, 2.75) is 57.9 Å². The highest BCUT2D eigenvalue weighted by Crippen LogP contribution is 2.27. The van der Waals surface area contributed by atoms with Crippen LogP contribution in [0.15, 0.2) is 23.9 Å². The minimum atomic E-state index is 0.649. The van der Waals surface area contributed by atoms with Crippen LogP contribution in [0.4, 0.5) is 0 Å². The van der Waals surface area contributed by atoms with Gasteiger partial charge in [0.2, 0.25) is 0 Å². The third kappa shape index (κ3) is 4.50. The lowest BCUT2D eigenvalue weighted by Crippen LogP contribution is -2.13. The number of aromatic nitrogens is 2. The van der Waals surface area contributed by atoms with Crippen molar-refractivity contribution < 1.29 is 0 Å². The van der Waals surface area contributed by atoms with E-state index in [-0.39, 0.29) is 0 Å². The summed E-state index contributed by atoms with van der Waals surface area (Å²) >= 11 is 0. The molecule has 0 bridgehead atoms. The zero-order chi connectivity index (χ0) is 13.5. The maximum atomic E-state index is 4.76. The van der Waals surface area contributed by atoms with Crippen LogP contribution in [0, 0.1) is 0 Å². The zero-order valence-corrected chi connectivity index (χ0v) is 12.4. The molecule has 3 heteroatoms. The first-order valence-electron chi connectivity index (χ1n) is 7.64. The van der Waals surface area contributed by atoms with Crippen LogP contribution in [0.2, 0.25) is 0 Å². The minimum Gasteiger partial charge on any atom is -0.319 e. The van der Waals surface area contributed by atoms with Crippen LogP contribution in [-0.2, 0) is 6.42 Å². The predicted octanol–water partition coefficient (Wildman–Crippen LogP) is 3.49. The maximum Gasteiger partial charge on any atom is 0.0664 e. The summed E-state index contributed by atoms with van der Waals surface area (Å²) < 4.78 is 2.20. The number of nitrogens with one attached hydrogen (secondary N) is 1. The summed E-state index contributed by atoms with van der Waals surface area (Å²) in [7, 11) is 2.00. The van der Waals surface area contributed by atoms with Crippen LogP contribution < -0.4 is 5.32 Å². The highest BCUT2D eigenvalue weighted by Gasteiger charge is 2.15. The standard InChI is InChI=1S/C16H27N3/c1-14(7-6-11-17-2)13-15-10-12-19(18-15)16-8-4-3-5-9-16/h7,10,12,16-17H,3-6,8-9,11,13H2,1-2H3. The SMILES string of the molecule is CNCCC=C(C)Cc1ccn(C2CCCCC2)n1. The fourth-order valence-corrected chi connectivity index (χ4v) is 2.84. The third-order valence-corrected chi connectivity index (χ3v) is 3.96. The topological polar surface area (TPSA) is 29.9 Å². The Balaban J connectivity index is 1.87. The van der Waals surface area contributed by atoms with Crippen molar-refractivity contribution in [3.63, 3.8) is 0 Å². The molecule has 19 heavy (non-hydrogen) atoms. The van der Waals surface area contributed by atoms with E-state index in [1.165, 1.54) is 43.4 Å². The second-order valence-corrected chi connectivity index (χ2v) is 5.70. The average Bonchev–Trinajstić information content (AvgIpc) is 2.88. The zero-order valence-electron chi connectivity index (χ0n) is 12.4. The largest absolute Gasteiger partial charge is 0.319 e. The van der Waals surface area contributed by atoms with Gasteiger partial charge in [0.05, 0.1) is 11.7 Å². The van der Waals surface area contributed by atoms with E-state index in [4.69, 9.17) is 5.10 Å². The Morgan fingerprint density at radius 2 is 2.21 bits per heavy atom. The first-order chi connectivity index (χ1) is 9.29. The van der Waals surface area contributed by atoms with Gasteiger partial charge in [0.15, 0.2) is 0 Å². The van der Waals surface area contributed by atoms with Gasteiger partial charge < -0.3 is 5.32 Å². The lowest BCUT2D eigenvalue weighted by molar-refractivity contribution is 0.328. The summed E-state index contributed by atoms with van der Waals surface area (Å²) in [5, 5.41) is 7.93. The average molecular weight is 261 g/mol. The Morgan fingerprint density at radius 3 is 2.95 bits per heavy atom. The molecule has 0 radical (unpaired) electrons. The summed E-state index contributed by atoms with van der Waals surface area (Å²) in [5.41, 5.74) is 2.63. The van der Waals surface area contributed by atoms with Crippen LogP contribution in [0.3, 0.4) is 0 Å². The molecule has 0 aromatic carbocycles. The summed E-state index contributed by atoms with van der Waals surface area (Å²) in [4.78, 5) is 0. The van der Waals surface area contributed by atoms with Crippen molar-refractivity contribution in [2.75, 3.05) is 13.6 Å². The molecular weight excluding hydrogens is 234 g/mol. The molecule has 2 rings (SSSR count). The lowest BCUT2D eigenvalue weighted by Gasteiger charge is -2.21.